The van der Waals surface area contributed by atoms with E-state index < -0.39 is 11.9 Å². The number of aromatic amines is 1. The molecule has 2 aromatic heterocycles. The van der Waals surface area contributed by atoms with Gasteiger partial charge in [-0.3, -0.25) is 4.79 Å². The quantitative estimate of drug-likeness (QED) is 0.861. The second-order valence-electron chi connectivity index (χ2n) is 7.46. The van der Waals surface area contributed by atoms with E-state index in [1.54, 1.807) is 18.3 Å². The van der Waals surface area contributed by atoms with Gasteiger partial charge in [0.05, 0.1) is 0 Å². The SMILES string of the molecule is Cc1c[nH]c(C(=O)N[C@H]2CC[C@@H]3CN(c4cccc(C(F)(F)F)n4)C[C@@H]32)c1. The summed E-state index contributed by atoms with van der Waals surface area (Å²) >= 11 is 0. The van der Waals surface area contributed by atoms with Gasteiger partial charge in [0.25, 0.3) is 5.91 Å². The zero-order valence-electron chi connectivity index (χ0n) is 14.9. The Labute approximate surface area is 155 Å². The number of amides is 1. The second-order valence-corrected chi connectivity index (χ2v) is 7.46. The van der Waals surface area contributed by atoms with E-state index in [2.05, 4.69) is 15.3 Å². The standard InChI is InChI=1S/C19H21F3N4O/c1-11-7-15(23-8-11)18(27)24-14-6-5-12-9-26(10-13(12)14)17-4-2-3-16(25-17)19(20,21)22/h2-4,7-8,12-14,23H,5-6,9-10H2,1H3,(H,24,27)/t12-,13+,14+/m1/s1. The highest BCUT2D eigenvalue weighted by atomic mass is 19.4. The number of carbonyl (C=O) groups is 1. The molecule has 1 amide bonds. The van der Waals surface area contributed by atoms with E-state index in [-0.39, 0.29) is 17.9 Å². The minimum Gasteiger partial charge on any atom is -0.357 e. The lowest BCUT2D eigenvalue weighted by atomic mass is 9.98. The van der Waals surface area contributed by atoms with Crippen LogP contribution in [0.5, 0.6) is 0 Å². The number of halogens is 3. The lowest BCUT2D eigenvalue weighted by molar-refractivity contribution is -0.141. The molecule has 0 spiro atoms. The normalized spacial score (nSPS) is 24.9. The van der Waals surface area contributed by atoms with Crippen LogP contribution in [0, 0.1) is 18.8 Å². The van der Waals surface area contributed by atoms with Crippen molar-refractivity contribution in [3.63, 3.8) is 0 Å². The number of fused-ring (bicyclic) bond motifs is 1. The number of hydrogen-bond acceptors (Lipinski definition) is 3. The number of pyridine rings is 1. The Morgan fingerprint density at radius 3 is 2.81 bits per heavy atom. The monoisotopic (exact) mass is 378 g/mol. The first-order valence-electron chi connectivity index (χ1n) is 9.06. The van der Waals surface area contributed by atoms with E-state index in [4.69, 9.17) is 0 Å². The van der Waals surface area contributed by atoms with Crippen LogP contribution in [-0.2, 0) is 6.18 Å². The number of anilines is 1. The molecule has 0 unspecified atom stereocenters. The maximum Gasteiger partial charge on any atom is 0.433 e. The van der Waals surface area contributed by atoms with E-state index in [1.165, 1.54) is 6.07 Å². The molecular weight excluding hydrogens is 357 g/mol. The fourth-order valence-corrected chi connectivity index (χ4v) is 4.27. The van der Waals surface area contributed by atoms with E-state index >= 15 is 0 Å². The summed E-state index contributed by atoms with van der Waals surface area (Å²) in [6.45, 7) is 3.19. The predicted molar refractivity (Wildman–Crippen MR) is 94.4 cm³/mol. The third-order valence-corrected chi connectivity index (χ3v) is 5.59. The van der Waals surface area contributed by atoms with Crippen molar-refractivity contribution < 1.29 is 18.0 Å². The molecule has 8 heteroatoms. The Hall–Kier alpha value is -2.51. The first kappa shape index (κ1) is 17.9. The molecule has 4 rings (SSSR count). The molecule has 2 aliphatic rings. The molecule has 1 aliphatic heterocycles. The van der Waals surface area contributed by atoms with E-state index in [1.807, 2.05) is 11.8 Å². The number of carbonyl (C=O) groups excluding carboxylic acids is 1. The fraction of sp³-hybridized carbons (Fsp3) is 0.474. The fourth-order valence-electron chi connectivity index (χ4n) is 4.27. The molecule has 2 fully saturated rings. The average molecular weight is 378 g/mol. The van der Waals surface area contributed by atoms with Crippen molar-refractivity contribution >= 4 is 11.7 Å². The highest BCUT2D eigenvalue weighted by molar-refractivity contribution is 5.92. The number of hydrogen-bond donors (Lipinski definition) is 2. The van der Waals surface area contributed by atoms with Gasteiger partial charge in [-0.2, -0.15) is 13.2 Å². The zero-order chi connectivity index (χ0) is 19.2. The van der Waals surface area contributed by atoms with Crippen molar-refractivity contribution in [1.82, 2.24) is 15.3 Å². The van der Waals surface area contributed by atoms with Crippen LogP contribution in [0.4, 0.5) is 19.0 Å². The first-order chi connectivity index (χ1) is 12.8. The van der Waals surface area contributed by atoms with Gasteiger partial charge in [-0.25, -0.2) is 4.98 Å². The number of alkyl halides is 3. The highest BCUT2D eigenvalue weighted by Gasteiger charge is 2.44. The molecule has 3 heterocycles. The van der Waals surface area contributed by atoms with E-state index in [9.17, 15) is 18.0 Å². The molecule has 2 N–H and O–H groups in total. The number of aromatic nitrogens is 2. The molecule has 1 saturated carbocycles. The largest absolute Gasteiger partial charge is 0.433 e. The van der Waals surface area contributed by atoms with Crippen molar-refractivity contribution in [2.45, 2.75) is 32.0 Å². The number of nitrogens with one attached hydrogen (secondary N) is 2. The summed E-state index contributed by atoms with van der Waals surface area (Å²) < 4.78 is 38.8. The summed E-state index contributed by atoms with van der Waals surface area (Å²) in [5, 5.41) is 3.09. The molecule has 1 aliphatic carbocycles. The molecule has 5 nitrogen and oxygen atoms in total. The molecule has 144 valence electrons. The molecule has 2 aromatic rings. The third kappa shape index (κ3) is 3.52. The minimum absolute atomic E-state index is 0.0295. The van der Waals surface area contributed by atoms with Crippen molar-refractivity contribution in [2.24, 2.45) is 11.8 Å². The predicted octanol–water partition coefficient (Wildman–Crippen LogP) is 3.38. The number of H-pyrrole nitrogens is 1. The van der Waals surface area contributed by atoms with E-state index in [0.717, 1.165) is 24.5 Å². The van der Waals surface area contributed by atoms with Gasteiger partial charge in [0.15, 0.2) is 0 Å². The molecular formula is C19H21F3N4O. The summed E-state index contributed by atoms with van der Waals surface area (Å²) in [4.78, 5) is 21.1. The molecule has 0 bridgehead atoms. The Balaban J connectivity index is 1.45. The van der Waals surface area contributed by atoms with Gasteiger partial charge in [0, 0.05) is 31.2 Å². The number of aryl methyl sites for hydroxylation is 1. The summed E-state index contributed by atoms with van der Waals surface area (Å²) in [6, 6.07) is 5.83. The number of nitrogens with zero attached hydrogens (tertiary/aromatic N) is 2. The van der Waals surface area contributed by atoms with Crippen molar-refractivity contribution in [3.8, 4) is 0 Å². The van der Waals surface area contributed by atoms with Crippen LogP contribution >= 0.6 is 0 Å². The lowest BCUT2D eigenvalue weighted by Gasteiger charge is -2.22. The number of rotatable bonds is 3. The maximum atomic E-state index is 12.9. The minimum atomic E-state index is -4.45. The van der Waals surface area contributed by atoms with Crippen molar-refractivity contribution in [2.75, 3.05) is 18.0 Å². The lowest BCUT2D eigenvalue weighted by Crippen LogP contribution is -2.40. The third-order valence-electron chi connectivity index (χ3n) is 5.59. The van der Waals surface area contributed by atoms with Crippen LogP contribution in [-0.4, -0.2) is 35.0 Å². The van der Waals surface area contributed by atoms with Gasteiger partial charge in [0.2, 0.25) is 0 Å². The van der Waals surface area contributed by atoms with Crippen LogP contribution in [0.3, 0.4) is 0 Å². The van der Waals surface area contributed by atoms with Gasteiger partial charge < -0.3 is 15.2 Å². The zero-order valence-corrected chi connectivity index (χ0v) is 14.9. The van der Waals surface area contributed by atoms with Crippen molar-refractivity contribution in [3.05, 3.63) is 47.4 Å². The molecule has 27 heavy (non-hydrogen) atoms. The Morgan fingerprint density at radius 2 is 2.11 bits per heavy atom. The highest BCUT2D eigenvalue weighted by Crippen LogP contribution is 2.40. The average Bonchev–Trinajstić information content (AvgIpc) is 3.31. The van der Waals surface area contributed by atoms with E-state index in [0.29, 0.717) is 30.5 Å². The maximum absolute atomic E-state index is 12.9. The van der Waals surface area contributed by atoms with Crippen LogP contribution in [0.25, 0.3) is 0 Å². The Kier molecular flexibility index (Phi) is 4.36. The van der Waals surface area contributed by atoms with Gasteiger partial charge in [-0.15, -0.1) is 0 Å². The first-order valence-corrected chi connectivity index (χ1v) is 9.06. The van der Waals surface area contributed by atoms with Crippen LogP contribution in [0.15, 0.2) is 30.5 Å². The van der Waals surface area contributed by atoms with Gasteiger partial charge >= 0.3 is 6.18 Å². The Morgan fingerprint density at radius 1 is 1.30 bits per heavy atom. The van der Waals surface area contributed by atoms with Crippen molar-refractivity contribution in [1.29, 1.82) is 0 Å². The second kappa shape index (κ2) is 6.58. The molecule has 1 saturated heterocycles. The van der Waals surface area contributed by atoms with Crippen LogP contribution < -0.4 is 10.2 Å². The summed E-state index contributed by atoms with van der Waals surface area (Å²) in [7, 11) is 0. The summed E-state index contributed by atoms with van der Waals surface area (Å²) in [6.07, 6.45) is -0.821. The Bertz CT molecular complexity index is 847. The molecule has 0 radical (unpaired) electrons. The van der Waals surface area contributed by atoms with Gasteiger partial charge in [-0.1, -0.05) is 6.07 Å². The van der Waals surface area contributed by atoms with Gasteiger partial charge in [-0.05, 0) is 49.4 Å². The topological polar surface area (TPSA) is 61.0 Å². The van der Waals surface area contributed by atoms with Crippen LogP contribution in [0.1, 0.15) is 34.6 Å². The van der Waals surface area contributed by atoms with Gasteiger partial charge in [0.1, 0.15) is 17.2 Å². The van der Waals surface area contributed by atoms with Crippen LogP contribution in [0.2, 0.25) is 0 Å². The molecule has 0 aromatic carbocycles. The molecule has 3 atom stereocenters. The smallest absolute Gasteiger partial charge is 0.357 e. The summed E-state index contributed by atoms with van der Waals surface area (Å²) in [5.74, 6) is 0.798. The summed E-state index contributed by atoms with van der Waals surface area (Å²) in [5.41, 5.74) is 0.654.